The molecule has 1 heterocycles. The summed E-state index contributed by atoms with van der Waals surface area (Å²) in [7, 11) is 0. The number of carbonyl (C=O) groups excluding carboxylic acids is 1. The maximum atomic E-state index is 11.9. The Morgan fingerprint density at radius 2 is 1.80 bits per heavy atom. The molecule has 0 aliphatic rings. The van der Waals surface area contributed by atoms with Gasteiger partial charge in [0.1, 0.15) is 0 Å². The minimum atomic E-state index is -0.165. The number of carbonyl (C=O) groups is 1. The Kier molecular flexibility index (Phi) is 6.33. The summed E-state index contributed by atoms with van der Waals surface area (Å²) in [6, 6.07) is 6.36. The molecule has 0 spiro atoms. The molecule has 1 amide bonds. The van der Waals surface area contributed by atoms with Gasteiger partial charge >= 0.3 is 0 Å². The molecule has 0 unspecified atom stereocenters. The van der Waals surface area contributed by atoms with Crippen molar-refractivity contribution in [2.24, 2.45) is 0 Å². The van der Waals surface area contributed by atoms with E-state index in [0.717, 1.165) is 24.3 Å². The molecule has 0 radical (unpaired) electrons. The number of hydrogen-bond donors (Lipinski definition) is 2. The SMILES string of the molecule is CCN(CC)c1ccc(Nc2ncc(C(=O)NC(C)C)cn2)c(C)c1. The van der Waals surface area contributed by atoms with E-state index in [2.05, 4.69) is 58.4 Å². The highest BCUT2D eigenvalue weighted by Crippen LogP contribution is 2.24. The van der Waals surface area contributed by atoms with Gasteiger partial charge in [0.2, 0.25) is 5.95 Å². The number of hydrogen-bond acceptors (Lipinski definition) is 5. The fraction of sp³-hybridized carbons (Fsp3) is 0.421. The number of benzene rings is 1. The Morgan fingerprint density at radius 3 is 2.32 bits per heavy atom. The molecule has 1 aromatic carbocycles. The lowest BCUT2D eigenvalue weighted by Gasteiger charge is -2.22. The van der Waals surface area contributed by atoms with Crippen molar-refractivity contribution in [1.29, 1.82) is 0 Å². The van der Waals surface area contributed by atoms with Crippen molar-refractivity contribution >= 4 is 23.2 Å². The maximum absolute atomic E-state index is 11.9. The van der Waals surface area contributed by atoms with Crippen LogP contribution >= 0.6 is 0 Å². The molecule has 2 rings (SSSR count). The highest BCUT2D eigenvalue weighted by Gasteiger charge is 2.09. The fourth-order valence-electron chi connectivity index (χ4n) is 2.55. The quantitative estimate of drug-likeness (QED) is 0.806. The zero-order chi connectivity index (χ0) is 18.4. The average molecular weight is 341 g/mol. The molecule has 0 atom stereocenters. The zero-order valence-corrected chi connectivity index (χ0v) is 15.6. The van der Waals surface area contributed by atoms with Crippen LogP contribution in [0, 0.1) is 6.92 Å². The van der Waals surface area contributed by atoms with Crippen molar-refractivity contribution in [2.75, 3.05) is 23.3 Å². The summed E-state index contributed by atoms with van der Waals surface area (Å²) < 4.78 is 0. The van der Waals surface area contributed by atoms with E-state index in [1.807, 2.05) is 19.9 Å². The van der Waals surface area contributed by atoms with Gasteiger partial charge in [0, 0.05) is 42.9 Å². The van der Waals surface area contributed by atoms with E-state index in [0.29, 0.717) is 11.5 Å². The van der Waals surface area contributed by atoms with E-state index in [1.54, 1.807) is 0 Å². The van der Waals surface area contributed by atoms with E-state index < -0.39 is 0 Å². The van der Waals surface area contributed by atoms with Gasteiger partial charge in [-0.25, -0.2) is 9.97 Å². The van der Waals surface area contributed by atoms with Gasteiger partial charge in [-0.2, -0.15) is 0 Å². The summed E-state index contributed by atoms with van der Waals surface area (Å²) in [6.45, 7) is 12.1. The van der Waals surface area contributed by atoms with E-state index in [1.165, 1.54) is 18.1 Å². The second kappa shape index (κ2) is 8.46. The first-order valence-electron chi connectivity index (χ1n) is 8.70. The summed E-state index contributed by atoms with van der Waals surface area (Å²) in [4.78, 5) is 22.7. The molecule has 6 heteroatoms. The van der Waals surface area contributed by atoms with Crippen LogP contribution in [0.5, 0.6) is 0 Å². The molecule has 0 aliphatic heterocycles. The lowest BCUT2D eigenvalue weighted by molar-refractivity contribution is 0.0942. The van der Waals surface area contributed by atoms with Gasteiger partial charge in [-0.3, -0.25) is 4.79 Å². The van der Waals surface area contributed by atoms with Crippen molar-refractivity contribution < 1.29 is 4.79 Å². The molecule has 134 valence electrons. The molecule has 6 nitrogen and oxygen atoms in total. The molecular formula is C19H27N5O. The summed E-state index contributed by atoms with van der Waals surface area (Å²) in [6.07, 6.45) is 3.07. The smallest absolute Gasteiger partial charge is 0.254 e. The van der Waals surface area contributed by atoms with Gasteiger partial charge in [0.05, 0.1) is 5.56 Å². The average Bonchev–Trinajstić information content (AvgIpc) is 2.58. The molecule has 0 aliphatic carbocycles. The number of aryl methyl sites for hydroxylation is 1. The van der Waals surface area contributed by atoms with Crippen LogP contribution in [0.3, 0.4) is 0 Å². The number of nitrogens with zero attached hydrogens (tertiary/aromatic N) is 3. The third-order valence-corrected chi connectivity index (χ3v) is 3.92. The molecule has 0 fully saturated rings. The summed E-state index contributed by atoms with van der Waals surface area (Å²) >= 11 is 0. The molecule has 25 heavy (non-hydrogen) atoms. The van der Waals surface area contributed by atoms with Crippen LogP contribution in [0.1, 0.15) is 43.6 Å². The topological polar surface area (TPSA) is 70.2 Å². The predicted octanol–water partition coefficient (Wildman–Crippen LogP) is 3.51. The Hall–Kier alpha value is -2.63. The summed E-state index contributed by atoms with van der Waals surface area (Å²) in [5.41, 5.74) is 3.73. The Morgan fingerprint density at radius 1 is 1.16 bits per heavy atom. The summed E-state index contributed by atoms with van der Waals surface area (Å²) in [5, 5.41) is 6.03. The second-order valence-electron chi connectivity index (χ2n) is 6.22. The van der Waals surface area contributed by atoms with Gasteiger partial charge < -0.3 is 15.5 Å². The first kappa shape index (κ1) is 18.7. The van der Waals surface area contributed by atoms with Crippen molar-refractivity contribution in [1.82, 2.24) is 15.3 Å². The lowest BCUT2D eigenvalue weighted by Crippen LogP contribution is -2.30. The predicted molar refractivity (Wildman–Crippen MR) is 103 cm³/mol. The minimum Gasteiger partial charge on any atom is -0.372 e. The summed E-state index contributed by atoms with van der Waals surface area (Å²) in [5.74, 6) is 0.307. The van der Waals surface area contributed by atoms with E-state index >= 15 is 0 Å². The van der Waals surface area contributed by atoms with Crippen LogP contribution in [0.25, 0.3) is 0 Å². The van der Waals surface area contributed by atoms with Crippen LogP contribution in [0.15, 0.2) is 30.6 Å². The third kappa shape index (κ3) is 4.92. The Bertz CT molecular complexity index is 708. The number of amides is 1. The molecule has 2 N–H and O–H groups in total. The van der Waals surface area contributed by atoms with Crippen LogP contribution in [-0.2, 0) is 0 Å². The highest BCUT2D eigenvalue weighted by atomic mass is 16.1. The second-order valence-corrected chi connectivity index (χ2v) is 6.22. The fourth-order valence-corrected chi connectivity index (χ4v) is 2.55. The van der Waals surface area contributed by atoms with Gasteiger partial charge in [-0.15, -0.1) is 0 Å². The third-order valence-electron chi connectivity index (χ3n) is 3.92. The van der Waals surface area contributed by atoms with Crippen LogP contribution in [0.4, 0.5) is 17.3 Å². The monoisotopic (exact) mass is 341 g/mol. The number of nitrogens with one attached hydrogen (secondary N) is 2. The number of aromatic nitrogens is 2. The molecule has 0 bridgehead atoms. The van der Waals surface area contributed by atoms with Gasteiger partial charge in [-0.1, -0.05) is 0 Å². The molecule has 0 saturated heterocycles. The standard InChI is InChI=1S/C19H27N5O/c1-6-24(7-2)16-8-9-17(14(5)10-16)23-19-20-11-15(12-21-19)18(25)22-13(3)4/h8-13H,6-7H2,1-5H3,(H,22,25)(H,20,21,23). The van der Waals surface area contributed by atoms with Crippen molar-refractivity contribution in [2.45, 2.75) is 40.7 Å². The van der Waals surface area contributed by atoms with Crippen LogP contribution in [-0.4, -0.2) is 35.0 Å². The van der Waals surface area contributed by atoms with Crippen molar-refractivity contribution in [3.63, 3.8) is 0 Å². The van der Waals surface area contributed by atoms with Crippen molar-refractivity contribution in [3.05, 3.63) is 41.7 Å². The van der Waals surface area contributed by atoms with Gasteiger partial charge in [0.25, 0.3) is 5.91 Å². The van der Waals surface area contributed by atoms with E-state index in [9.17, 15) is 4.79 Å². The highest BCUT2D eigenvalue weighted by molar-refractivity contribution is 5.93. The van der Waals surface area contributed by atoms with Crippen LogP contribution in [0.2, 0.25) is 0 Å². The molecule has 0 saturated carbocycles. The largest absolute Gasteiger partial charge is 0.372 e. The van der Waals surface area contributed by atoms with Gasteiger partial charge in [0.15, 0.2) is 0 Å². The first-order valence-corrected chi connectivity index (χ1v) is 8.70. The van der Waals surface area contributed by atoms with E-state index in [-0.39, 0.29) is 11.9 Å². The maximum Gasteiger partial charge on any atom is 0.254 e. The first-order chi connectivity index (χ1) is 11.9. The number of anilines is 3. The van der Waals surface area contributed by atoms with Crippen LogP contribution < -0.4 is 15.5 Å². The van der Waals surface area contributed by atoms with Gasteiger partial charge in [-0.05, 0) is 58.4 Å². The zero-order valence-electron chi connectivity index (χ0n) is 15.6. The molecular weight excluding hydrogens is 314 g/mol. The minimum absolute atomic E-state index is 0.0808. The van der Waals surface area contributed by atoms with E-state index in [4.69, 9.17) is 0 Å². The normalized spacial score (nSPS) is 10.6. The Labute approximate surface area is 149 Å². The molecule has 1 aromatic heterocycles. The number of rotatable bonds is 7. The molecule has 2 aromatic rings. The Balaban J connectivity index is 2.10. The lowest BCUT2D eigenvalue weighted by atomic mass is 10.1. The van der Waals surface area contributed by atoms with Crippen molar-refractivity contribution in [3.8, 4) is 0 Å².